The van der Waals surface area contributed by atoms with Crippen LogP contribution in [0.1, 0.15) is 82.1 Å². The molecule has 5 nitrogen and oxygen atoms in total. The fourth-order valence-electron chi connectivity index (χ4n) is 4.54. The van der Waals surface area contributed by atoms with Crippen LogP contribution >= 0.6 is 11.6 Å². The zero-order valence-corrected chi connectivity index (χ0v) is 26.0. The van der Waals surface area contributed by atoms with E-state index < -0.39 is 0 Å². The topological polar surface area (TPSA) is 62.4 Å². The number of benzene rings is 2. The molecule has 1 radical (unpaired) electrons. The Balaban J connectivity index is 0.00000148. The summed E-state index contributed by atoms with van der Waals surface area (Å²) in [6, 6.07) is 13.9. The zero-order valence-electron chi connectivity index (χ0n) is 25.3. The van der Waals surface area contributed by atoms with Crippen molar-refractivity contribution in [1.29, 1.82) is 0 Å². The molecule has 0 aliphatic heterocycles. The number of ether oxygens (including phenoxy) is 1. The van der Waals surface area contributed by atoms with E-state index in [0.29, 0.717) is 36.0 Å². The van der Waals surface area contributed by atoms with Crippen LogP contribution in [0, 0.1) is 25.2 Å². The fraction of sp³-hybridized carbons (Fsp3) is 0.371. The van der Waals surface area contributed by atoms with Crippen molar-refractivity contribution in [3.63, 3.8) is 0 Å². The molecule has 7 heteroatoms. The van der Waals surface area contributed by atoms with E-state index in [-0.39, 0.29) is 11.4 Å². The van der Waals surface area contributed by atoms with Gasteiger partial charge in [-0.25, -0.2) is 0 Å². The van der Waals surface area contributed by atoms with Crippen LogP contribution in [0.3, 0.4) is 0 Å². The molecule has 0 atom stereocenters. The zero-order chi connectivity index (χ0) is 31.1. The first-order chi connectivity index (χ1) is 20.3. The molecule has 4 rings (SSSR count). The number of hydrogen-bond donors (Lipinski definition) is 3. The van der Waals surface area contributed by atoms with Gasteiger partial charge in [-0.1, -0.05) is 13.8 Å². The van der Waals surface area contributed by atoms with Crippen molar-refractivity contribution < 1.29 is 9.53 Å². The fourth-order valence-corrected chi connectivity index (χ4v) is 4.79. The van der Waals surface area contributed by atoms with Crippen molar-refractivity contribution in [2.24, 2.45) is 0 Å². The van der Waals surface area contributed by atoms with Gasteiger partial charge in [-0.2, -0.15) is 0 Å². The van der Waals surface area contributed by atoms with Gasteiger partial charge in [0.05, 0.1) is 0 Å². The van der Waals surface area contributed by atoms with Crippen molar-refractivity contribution in [2.75, 3.05) is 6.54 Å². The molecule has 2 aliphatic carbocycles. The minimum atomic E-state index is -0.281. The molecule has 42 heavy (non-hydrogen) atoms. The maximum absolute atomic E-state index is 13.0. The quantitative estimate of drug-likeness (QED) is 0.120. The summed E-state index contributed by atoms with van der Waals surface area (Å²) in [4.78, 5) is 13.0. The van der Waals surface area contributed by atoms with Crippen molar-refractivity contribution in [1.82, 2.24) is 16.0 Å². The first kappa shape index (κ1) is 34.3. The van der Waals surface area contributed by atoms with Gasteiger partial charge in [-0.3, -0.25) is 0 Å². The summed E-state index contributed by atoms with van der Waals surface area (Å²) >= 11 is 6.48. The van der Waals surface area contributed by atoms with Crippen LogP contribution in [0.4, 0.5) is 0 Å². The molecule has 0 unspecified atom stereocenters. The number of terminal acetylenes is 2. The number of nitrogens with one attached hydrogen (secondary N) is 3. The van der Waals surface area contributed by atoms with Crippen molar-refractivity contribution in [2.45, 2.75) is 78.5 Å². The standard InChI is InChI=1S/C31H34BClN3O2.C2H6.C2H2/c1-4-15-34-28(23-10-8-11-23)30(37)35-19-24-9-6-7-12-27(24)29(32)36-31(13-14-31)25-16-22(17-26(33)18-25)20-38-21(3)5-2;2*1-2/h1,5-7,9,12,16-18,34,36H,8,10-11,13-15,19-20H2,2-3H3,(H,35,37);1-2H3;1-2H/b21-5-;;. The monoisotopic (exact) mass is 582 g/mol. The van der Waals surface area contributed by atoms with Gasteiger partial charge in [0, 0.05) is 0 Å². The van der Waals surface area contributed by atoms with Gasteiger partial charge in [-0.15, -0.1) is 12.8 Å². The van der Waals surface area contributed by atoms with Gasteiger partial charge in [0.25, 0.3) is 0 Å². The summed E-state index contributed by atoms with van der Waals surface area (Å²) in [6.07, 6.45) is 20.2. The molecule has 2 aliphatic rings. The Morgan fingerprint density at radius 1 is 1.14 bits per heavy atom. The third kappa shape index (κ3) is 9.33. The molecule has 2 fully saturated rings. The first-order valence-corrected chi connectivity index (χ1v) is 14.8. The van der Waals surface area contributed by atoms with E-state index in [4.69, 9.17) is 30.2 Å². The molecule has 0 saturated heterocycles. The maximum atomic E-state index is 13.0. The van der Waals surface area contributed by atoms with Gasteiger partial charge in [0.2, 0.25) is 0 Å². The molecule has 219 valence electrons. The van der Waals surface area contributed by atoms with E-state index in [1.807, 2.05) is 70.2 Å². The van der Waals surface area contributed by atoms with E-state index in [1.54, 1.807) is 0 Å². The summed E-state index contributed by atoms with van der Waals surface area (Å²) in [5.74, 6) is 3.27. The summed E-state index contributed by atoms with van der Waals surface area (Å²) < 4.78 is 5.80. The Kier molecular flexibility index (Phi) is 14.0. The van der Waals surface area contributed by atoms with Crippen LogP contribution in [0.15, 0.2) is 65.6 Å². The van der Waals surface area contributed by atoms with Crippen LogP contribution in [-0.2, 0) is 28.2 Å². The molecule has 0 spiro atoms. The van der Waals surface area contributed by atoms with Gasteiger partial charge in [-0.05, 0) is 0 Å². The summed E-state index contributed by atoms with van der Waals surface area (Å²) in [6.45, 7) is 9.01. The molecule has 0 heterocycles. The number of hydrogen-bond acceptors (Lipinski definition) is 4. The Labute approximate surface area is 258 Å². The van der Waals surface area contributed by atoms with Crippen molar-refractivity contribution >= 4 is 30.6 Å². The Hall–Kier alpha value is -3.87. The Morgan fingerprint density at radius 2 is 1.83 bits per heavy atom. The predicted molar refractivity (Wildman–Crippen MR) is 177 cm³/mol. The average Bonchev–Trinajstić information content (AvgIpc) is 3.78. The summed E-state index contributed by atoms with van der Waals surface area (Å²) in [5, 5.41) is 10.4. The Bertz CT molecular complexity index is 1360. The number of halogens is 1. The first-order valence-electron chi connectivity index (χ1n) is 14.4. The van der Waals surface area contributed by atoms with Crippen LogP contribution in [0.25, 0.3) is 0 Å². The van der Waals surface area contributed by atoms with E-state index in [1.165, 1.54) is 0 Å². The molecule has 3 N–H and O–H groups in total. The molecule has 1 amide bonds. The van der Waals surface area contributed by atoms with Crippen LogP contribution in [0.2, 0.25) is 5.02 Å². The van der Waals surface area contributed by atoms with Crippen LogP contribution in [-0.4, -0.2) is 25.5 Å². The third-order valence-electron chi connectivity index (χ3n) is 7.16. The number of amides is 1. The summed E-state index contributed by atoms with van der Waals surface area (Å²) in [7, 11) is 6.65. The average molecular weight is 583 g/mol. The van der Waals surface area contributed by atoms with E-state index in [2.05, 4.69) is 40.8 Å². The van der Waals surface area contributed by atoms with Gasteiger partial charge in [0.1, 0.15) is 0 Å². The molecular formula is C35H42BClN3O2. The third-order valence-corrected chi connectivity index (χ3v) is 7.38. The molecule has 2 aromatic rings. The van der Waals surface area contributed by atoms with Crippen molar-refractivity contribution in [3.8, 4) is 25.2 Å². The Morgan fingerprint density at radius 3 is 2.43 bits per heavy atom. The van der Waals surface area contributed by atoms with Gasteiger partial charge >= 0.3 is 232 Å². The molecule has 2 aromatic carbocycles. The number of allylic oxidation sites excluding steroid dienone is 3. The van der Waals surface area contributed by atoms with Crippen molar-refractivity contribution in [3.05, 3.63) is 92.8 Å². The molecular weight excluding hydrogens is 541 g/mol. The number of rotatable bonds is 12. The second kappa shape index (κ2) is 17.2. The van der Waals surface area contributed by atoms with Crippen LogP contribution < -0.4 is 16.0 Å². The van der Waals surface area contributed by atoms with Gasteiger partial charge in [0.15, 0.2) is 0 Å². The number of carbonyl (C=O) groups excluding carboxylic acids is 1. The van der Waals surface area contributed by atoms with Gasteiger partial charge < -0.3 is 0 Å². The SMILES string of the molecule is C#C.CC.[B]=C(NC1(c2cc(Cl)cc(CO/C(C)=C\C)c2)CC1)c1ccccc1CNC(=O)C(NCC#C)=C1CCC1. The second-order valence-corrected chi connectivity index (χ2v) is 10.3. The van der Waals surface area contributed by atoms with Crippen LogP contribution in [0.5, 0.6) is 0 Å². The van der Waals surface area contributed by atoms with E-state index >= 15 is 0 Å². The van der Waals surface area contributed by atoms with E-state index in [0.717, 1.165) is 65.7 Å². The second-order valence-electron chi connectivity index (χ2n) is 9.89. The molecule has 0 bridgehead atoms. The van der Waals surface area contributed by atoms with E-state index in [9.17, 15) is 4.79 Å². The molecule has 0 aromatic heterocycles. The predicted octanol–water partition coefficient (Wildman–Crippen LogP) is 6.26. The minimum absolute atomic E-state index is 0.142. The number of carbonyl (C=O) groups is 1. The molecule has 2 saturated carbocycles. The normalized spacial score (nSPS) is 14.2. The summed E-state index contributed by atoms with van der Waals surface area (Å²) in [5.41, 5.74) is 5.91.